The van der Waals surface area contributed by atoms with Crippen molar-refractivity contribution in [1.29, 1.82) is 0 Å². The van der Waals surface area contributed by atoms with E-state index < -0.39 is 5.54 Å². The summed E-state index contributed by atoms with van der Waals surface area (Å²) in [7, 11) is 0. The van der Waals surface area contributed by atoms with Crippen LogP contribution in [0.15, 0.2) is 36.9 Å². The maximum absolute atomic E-state index is 12.2. The van der Waals surface area contributed by atoms with E-state index >= 15 is 0 Å². The Morgan fingerprint density at radius 2 is 2.05 bits per heavy atom. The molecule has 2 aromatic rings. The zero-order valence-electron chi connectivity index (χ0n) is 11.8. The second-order valence-electron chi connectivity index (χ2n) is 5.60. The van der Waals surface area contributed by atoms with Gasteiger partial charge < -0.3 is 11.1 Å². The number of nitrogens with one attached hydrogen (secondary N) is 1. The zero-order chi connectivity index (χ0) is 14.7. The molecule has 0 radical (unpaired) electrons. The van der Waals surface area contributed by atoms with Crippen molar-refractivity contribution in [3.63, 3.8) is 0 Å². The Hall–Kier alpha value is -2.21. The second-order valence-corrected chi connectivity index (χ2v) is 5.60. The third-order valence-corrected chi connectivity index (χ3v) is 3.93. The fourth-order valence-corrected chi connectivity index (χ4v) is 2.68. The number of rotatable bonds is 4. The zero-order valence-corrected chi connectivity index (χ0v) is 11.8. The number of amides is 1. The largest absolute Gasteiger partial charge is 0.322 e. The lowest BCUT2D eigenvalue weighted by atomic mass is 9.98. The minimum Gasteiger partial charge on any atom is -0.322 e. The van der Waals surface area contributed by atoms with Crippen molar-refractivity contribution in [2.45, 2.75) is 37.8 Å². The van der Waals surface area contributed by atoms with E-state index in [-0.39, 0.29) is 5.91 Å². The van der Waals surface area contributed by atoms with Crippen LogP contribution in [0.2, 0.25) is 0 Å². The van der Waals surface area contributed by atoms with Crippen LogP contribution in [-0.4, -0.2) is 26.2 Å². The van der Waals surface area contributed by atoms with Gasteiger partial charge in [0.2, 0.25) is 5.91 Å². The fourth-order valence-electron chi connectivity index (χ4n) is 2.68. The van der Waals surface area contributed by atoms with Crippen molar-refractivity contribution in [2.24, 2.45) is 5.73 Å². The molecule has 1 fully saturated rings. The van der Waals surface area contributed by atoms with Gasteiger partial charge in [-0.25, -0.2) is 0 Å². The summed E-state index contributed by atoms with van der Waals surface area (Å²) >= 11 is 0. The van der Waals surface area contributed by atoms with Crippen LogP contribution in [0, 0.1) is 0 Å². The first-order chi connectivity index (χ1) is 10.2. The van der Waals surface area contributed by atoms with Crippen molar-refractivity contribution >= 4 is 11.6 Å². The summed E-state index contributed by atoms with van der Waals surface area (Å²) in [6, 6.07) is 3.88. The molecule has 3 rings (SSSR count). The number of pyridine rings is 1. The summed E-state index contributed by atoms with van der Waals surface area (Å²) in [5, 5.41) is 7.13. The van der Waals surface area contributed by atoms with E-state index in [4.69, 9.17) is 5.73 Å². The van der Waals surface area contributed by atoms with Crippen molar-refractivity contribution in [3.8, 4) is 0 Å². The molecule has 0 aromatic carbocycles. The van der Waals surface area contributed by atoms with E-state index in [0.717, 1.165) is 31.2 Å². The van der Waals surface area contributed by atoms with E-state index in [1.807, 2.05) is 18.3 Å². The lowest BCUT2D eigenvalue weighted by Crippen LogP contribution is -2.48. The van der Waals surface area contributed by atoms with E-state index in [1.54, 1.807) is 23.3 Å². The molecule has 0 unspecified atom stereocenters. The molecule has 0 aliphatic heterocycles. The number of nitrogens with two attached hydrogens (primary N) is 1. The van der Waals surface area contributed by atoms with Gasteiger partial charge in [-0.15, -0.1) is 0 Å². The SMILES string of the molecule is NC1(C(=O)Nc2cnn(Cc3ccncc3)c2)CCCC1. The van der Waals surface area contributed by atoms with Crippen LogP contribution in [0.5, 0.6) is 0 Å². The topological polar surface area (TPSA) is 85.8 Å². The minimum atomic E-state index is -0.715. The van der Waals surface area contributed by atoms with Crippen molar-refractivity contribution in [3.05, 3.63) is 42.5 Å². The van der Waals surface area contributed by atoms with Crippen LogP contribution >= 0.6 is 0 Å². The van der Waals surface area contributed by atoms with Gasteiger partial charge in [0.1, 0.15) is 0 Å². The molecule has 1 aliphatic carbocycles. The molecular formula is C15H19N5O. The standard InChI is InChI=1S/C15H19N5O/c16-15(5-1-2-6-15)14(21)19-13-9-18-20(11-13)10-12-3-7-17-8-4-12/h3-4,7-9,11H,1-2,5-6,10,16H2,(H,19,21). The van der Waals surface area contributed by atoms with E-state index in [2.05, 4.69) is 15.4 Å². The molecule has 3 N–H and O–H groups in total. The third kappa shape index (κ3) is 3.11. The van der Waals surface area contributed by atoms with E-state index in [0.29, 0.717) is 12.2 Å². The van der Waals surface area contributed by atoms with Gasteiger partial charge in [0.05, 0.1) is 24.0 Å². The smallest absolute Gasteiger partial charge is 0.244 e. The first-order valence-electron chi connectivity index (χ1n) is 7.17. The molecule has 1 aliphatic rings. The summed E-state index contributed by atoms with van der Waals surface area (Å²) in [6.07, 6.45) is 10.5. The highest BCUT2D eigenvalue weighted by molar-refractivity contribution is 5.97. The number of anilines is 1. The molecule has 0 atom stereocenters. The Kier molecular flexibility index (Phi) is 3.70. The van der Waals surface area contributed by atoms with Crippen molar-refractivity contribution < 1.29 is 4.79 Å². The molecule has 1 amide bonds. The number of carbonyl (C=O) groups excluding carboxylic acids is 1. The number of carbonyl (C=O) groups is 1. The Labute approximate surface area is 123 Å². The molecule has 6 nitrogen and oxygen atoms in total. The Balaban J connectivity index is 1.64. The average Bonchev–Trinajstić information content (AvgIpc) is 3.10. The van der Waals surface area contributed by atoms with Crippen LogP contribution in [0.3, 0.4) is 0 Å². The van der Waals surface area contributed by atoms with Crippen molar-refractivity contribution in [2.75, 3.05) is 5.32 Å². The van der Waals surface area contributed by atoms with Crippen LogP contribution < -0.4 is 11.1 Å². The summed E-state index contributed by atoms with van der Waals surface area (Å²) in [5.41, 5.74) is 7.21. The van der Waals surface area contributed by atoms with Crippen LogP contribution in [0.4, 0.5) is 5.69 Å². The van der Waals surface area contributed by atoms with Gasteiger partial charge >= 0.3 is 0 Å². The van der Waals surface area contributed by atoms with Gasteiger partial charge in [-0.3, -0.25) is 14.5 Å². The Morgan fingerprint density at radius 3 is 2.76 bits per heavy atom. The predicted octanol–water partition coefficient (Wildman–Crippen LogP) is 1.54. The van der Waals surface area contributed by atoms with Gasteiger partial charge in [0.25, 0.3) is 0 Å². The number of aromatic nitrogens is 3. The number of hydrogen-bond acceptors (Lipinski definition) is 4. The molecule has 1 saturated carbocycles. The summed E-state index contributed by atoms with van der Waals surface area (Å²) < 4.78 is 1.78. The minimum absolute atomic E-state index is 0.108. The third-order valence-electron chi connectivity index (χ3n) is 3.93. The highest BCUT2D eigenvalue weighted by Gasteiger charge is 2.37. The lowest BCUT2D eigenvalue weighted by Gasteiger charge is -2.21. The second kappa shape index (κ2) is 5.65. The molecule has 6 heteroatoms. The summed E-state index contributed by atoms with van der Waals surface area (Å²) in [5.74, 6) is -0.108. The molecule has 110 valence electrons. The number of hydrogen-bond donors (Lipinski definition) is 2. The van der Waals surface area contributed by atoms with Crippen LogP contribution in [0.1, 0.15) is 31.2 Å². The summed E-state index contributed by atoms with van der Waals surface area (Å²) in [4.78, 5) is 16.2. The Morgan fingerprint density at radius 1 is 1.33 bits per heavy atom. The number of nitrogens with zero attached hydrogens (tertiary/aromatic N) is 3. The quantitative estimate of drug-likeness (QED) is 0.892. The highest BCUT2D eigenvalue weighted by Crippen LogP contribution is 2.28. The van der Waals surface area contributed by atoms with E-state index in [9.17, 15) is 4.79 Å². The molecule has 2 heterocycles. The van der Waals surface area contributed by atoms with Crippen molar-refractivity contribution in [1.82, 2.24) is 14.8 Å². The molecule has 0 saturated heterocycles. The van der Waals surface area contributed by atoms with E-state index in [1.165, 1.54) is 0 Å². The molecule has 2 aromatic heterocycles. The molecule has 0 spiro atoms. The average molecular weight is 285 g/mol. The van der Waals surface area contributed by atoms with Gasteiger partial charge in [0, 0.05) is 18.6 Å². The molecular weight excluding hydrogens is 266 g/mol. The highest BCUT2D eigenvalue weighted by atomic mass is 16.2. The first kappa shape index (κ1) is 13.8. The van der Waals surface area contributed by atoms with Gasteiger partial charge in [-0.1, -0.05) is 12.8 Å². The first-order valence-corrected chi connectivity index (χ1v) is 7.17. The van der Waals surface area contributed by atoms with Gasteiger partial charge in [-0.05, 0) is 30.5 Å². The maximum atomic E-state index is 12.2. The normalized spacial score (nSPS) is 16.8. The lowest BCUT2D eigenvalue weighted by molar-refractivity contribution is -0.121. The molecule has 0 bridgehead atoms. The van der Waals surface area contributed by atoms with Crippen LogP contribution in [-0.2, 0) is 11.3 Å². The van der Waals surface area contributed by atoms with Gasteiger partial charge in [0.15, 0.2) is 0 Å². The molecule has 21 heavy (non-hydrogen) atoms. The predicted molar refractivity (Wildman–Crippen MR) is 79.6 cm³/mol. The monoisotopic (exact) mass is 285 g/mol. The maximum Gasteiger partial charge on any atom is 0.244 e. The Bertz CT molecular complexity index is 616. The summed E-state index contributed by atoms with van der Waals surface area (Å²) in [6.45, 7) is 0.645. The van der Waals surface area contributed by atoms with Gasteiger partial charge in [-0.2, -0.15) is 5.10 Å². The van der Waals surface area contributed by atoms with Crippen LogP contribution in [0.25, 0.3) is 0 Å². The fraction of sp³-hybridized carbons (Fsp3) is 0.400.